The summed E-state index contributed by atoms with van der Waals surface area (Å²) in [6, 6.07) is 0. The van der Waals surface area contributed by atoms with Crippen LogP contribution in [-0.4, -0.2) is 12.7 Å². The Morgan fingerprint density at radius 3 is 2.50 bits per heavy atom. The molecular weight excluding hydrogens is 196 g/mol. The Morgan fingerprint density at radius 2 is 1.94 bits per heavy atom. The van der Waals surface area contributed by atoms with Crippen molar-refractivity contribution >= 4 is 0 Å². The molecule has 0 spiro atoms. The van der Waals surface area contributed by atoms with E-state index in [-0.39, 0.29) is 0 Å². The van der Waals surface area contributed by atoms with Gasteiger partial charge in [0.2, 0.25) is 0 Å². The monoisotopic (exact) mass is 224 g/mol. The Bertz CT molecular complexity index is 228. The van der Waals surface area contributed by atoms with Crippen molar-refractivity contribution in [2.45, 2.75) is 65.9 Å². The molecule has 1 saturated heterocycles. The molecule has 1 aliphatic carbocycles. The van der Waals surface area contributed by atoms with Crippen molar-refractivity contribution in [2.75, 3.05) is 6.61 Å². The normalized spacial score (nSPS) is 31.3. The van der Waals surface area contributed by atoms with Crippen LogP contribution in [0.4, 0.5) is 0 Å². The number of rotatable bonds is 5. The third kappa shape index (κ3) is 3.23. The van der Waals surface area contributed by atoms with Gasteiger partial charge in [-0.25, -0.2) is 0 Å². The van der Waals surface area contributed by atoms with E-state index in [4.69, 9.17) is 4.74 Å². The Kier molecular flexibility index (Phi) is 3.63. The molecule has 1 heterocycles. The van der Waals surface area contributed by atoms with Crippen LogP contribution in [0.15, 0.2) is 0 Å². The molecule has 1 aliphatic heterocycles. The average Bonchev–Trinajstić information content (AvgIpc) is 2.80. The Labute approximate surface area is 101 Å². The van der Waals surface area contributed by atoms with Gasteiger partial charge in [-0.3, -0.25) is 0 Å². The lowest BCUT2D eigenvalue weighted by Gasteiger charge is -2.31. The van der Waals surface area contributed by atoms with Crippen LogP contribution in [-0.2, 0) is 4.74 Å². The topological polar surface area (TPSA) is 9.23 Å². The van der Waals surface area contributed by atoms with Crippen molar-refractivity contribution in [3.05, 3.63) is 0 Å². The van der Waals surface area contributed by atoms with Gasteiger partial charge in [-0.05, 0) is 42.4 Å². The van der Waals surface area contributed by atoms with Crippen molar-refractivity contribution in [1.29, 1.82) is 0 Å². The highest BCUT2D eigenvalue weighted by Crippen LogP contribution is 2.47. The van der Waals surface area contributed by atoms with Gasteiger partial charge >= 0.3 is 0 Å². The van der Waals surface area contributed by atoms with Crippen molar-refractivity contribution in [1.82, 2.24) is 0 Å². The lowest BCUT2D eigenvalue weighted by molar-refractivity contribution is 0.0795. The molecule has 2 atom stereocenters. The Hall–Kier alpha value is -0.0400. The van der Waals surface area contributed by atoms with E-state index in [2.05, 4.69) is 27.7 Å². The minimum Gasteiger partial charge on any atom is -0.378 e. The minimum atomic E-state index is 0.507. The van der Waals surface area contributed by atoms with E-state index in [9.17, 15) is 0 Å². The predicted molar refractivity (Wildman–Crippen MR) is 68.4 cm³/mol. The van der Waals surface area contributed by atoms with E-state index in [1.165, 1.54) is 32.1 Å². The highest BCUT2D eigenvalue weighted by atomic mass is 16.5. The molecule has 1 saturated carbocycles. The van der Waals surface area contributed by atoms with Gasteiger partial charge in [-0.1, -0.05) is 40.5 Å². The molecule has 2 rings (SSSR count). The van der Waals surface area contributed by atoms with Gasteiger partial charge < -0.3 is 4.74 Å². The maximum Gasteiger partial charge on any atom is 0.0581 e. The minimum absolute atomic E-state index is 0.507. The van der Waals surface area contributed by atoms with Crippen LogP contribution in [0.5, 0.6) is 0 Å². The number of hydrogen-bond donors (Lipinski definition) is 0. The molecule has 1 nitrogen and oxygen atoms in total. The first-order chi connectivity index (χ1) is 7.47. The molecular formula is C15H28O. The van der Waals surface area contributed by atoms with Gasteiger partial charge in [0, 0.05) is 0 Å². The zero-order valence-electron chi connectivity index (χ0n) is 11.5. The van der Waals surface area contributed by atoms with Gasteiger partial charge in [0.25, 0.3) is 0 Å². The quantitative estimate of drug-likeness (QED) is 0.678. The first-order valence-corrected chi connectivity index (χ1v) is 7.09. The van der Waals surface area contributed by atoms with Gasteiger partial charge in [-0.15, -0.1) is 0 Å². The largest absolute Gasteiger partial charge is 0.378 e. The third-order valence-electron chi connectivity index (χ3n) is 4.43. The lowest BCUT2D eigenvalue weighted by atomic mass is 9.73. The standard InChI is InChI=1S/C15H28O/c1-11(2)7-14-8-13(10-16-14)15(3,4)9-12-5-6-12/h11-14H,5-10H2,1-4H3. The van der Waals surface area contributed by atoms with E-state index in [1.807, 2.05) is 0 Å². The molecule has 0 aromatic heterocycles. The molecule has 2 aliphatic rings. The third-order valence-corrected chi connectivity index (χ3v) is 4.43. The van der Waals surface area contributed by atoms with Gasteiger partial charge in [-0.2, -0.15) is 0 Å². The summed E-state index contributed by atoms with van der Waals surface area (Å²) in [5.74, 6) is 2.62. The van der Waals surface area contributed by atoms with E-state index in [0.29, 0.717) is 11.5 Å². The lowest BCUT2D eigenvalue weighted by Crippen LogP contribution is -2.25. The first-order valence-electron chi connectivity index (χ1n) is 7.09. The van der Waals surface area contributed by atoms with Crippen LogP contribution in [0.1, 0.15) is 59.8 Å². The second-order valence-corrected chi connectivity index (χ2v) is 7.15. The fraction of sp³-hybridized carbons (Fsp3) is 1.00. The zero-order valence-corrected chi connectivity index (χ0v) is 11.5. The summed E-state index contributed by atoms with van der Waals surface area (Å²) in [5, 5.41) is 0. The molecule has 1 heteroatoms. The molecule has 2 unspecified atom stereocenters. The van der Waals surface area contributed by atoms with Crippen molar-refractivity contribution in [2.24, 2.45) is 23.2 Å². The molecule has 0 bridgehead atoms. The van der Waals surface area contributed by atoms with Gasteiger partial charge in [0.1, 0.15) is 0 Å². The first kappa shape index (κ1) is 12.4. The highest BCUT2D eigenvalue weighted by Gasteiger charge is 2.40. The number of ether oxygens (including phenoxy) is 1. The summed E-state index contributed by atoms with van der Waals surface area (Å²) in [4.78, 5) is 0. The molecule has 0 aromatic carbocycles. The zero-order chi connectivity index (χ0) is 11.8. The summed E-state index contributed by atoms with van der Waals surface area (Å²) in [6.45, 7) is 10.5. The molecule has 94 valence electrons. The van der Waals surface area contributed by atoms with Crippen LogP contribution < -0.4 is 0 Å². The summed E-state index contributed by atoms with van der Waals surface area (Å²) in [5.41, 5.74) is 0.507. The van der Waals surface area contributed by atoms with Crippen LogP contribution >= 0.6 is 0 Å². The van der Waals surface area contributed by atoms with Crippen molar-refractivity contribution in [3.8, 4) is 0 Å². The Balaban J connectivity index is 1.81. The fourth-order valence-electron chi connectivity index (χ4n) is 3.17. The maximum absolute atomic E-state index is 5.96. The maximum atomic E-state index is 5.96. The smallest absolute Gasteiger partial charge is 0.0581 e. The highest BCUT2D eigenvalue weighted by molar-refractivity contribution is 4.89. The molecule has 16 heavy (non-hydrogen) atoms. The van der Waals surface area contributed by atoms with Crippen LogP contribution in [0.2, 0.25) is 0 Å². The number of hydrogen-bond acceptors (Lipinski definition) is 1. The Morgan fingerprint density at radius 1 is 1.25 bits per heavy atom. The van der Waals surface area contributed by atoms with E-state index < -0.39 is 0 Å². The second kappa shape index (κ2) is 4.68. The molecule has 2 fully saturated rings. The predicted octanol–water partition coefficient (Wildman–Crippen LogP) is 4.26. The van der Waals surface area contributed by atoms with E-state index in [1.54, 1.807) is 0 Å². The van der Waals surface area contributed by atoms with Gasteiger partial charge in [0.05, 0.1) is 12.7 Å². The van der Waals surface area contributed by atoms with Crippen molar-refractivity contribution < 1.29 is 4.74 Å². The van der Waals surface area contributed by atoms with Gasteiger partial charge in [0.15, 0.2) is 0 Å². The summed E-state index contributed by atoms with van der Waals surface area (Å²) >= 11 is 0. The SMILES string of the molecule is CC(C)CC1CC(C(C)(C)CC2CC2)CO1. The summed E-state index contributed by atoms with van der Waals surface area (Å²) in [6.07, 6.45) is 7.48. The average molecular weight is 224 g/mol. The second-order valence-electron chi connectivity index (χ2n) is 7.15. The van der Waals surface area contributed by atoms with Crippen LogP contribution in [0, 0.1) is 23.2 Å². The van der Waals surface area contributed by atoms with Crippen molar-refractivity contribution in [3.63, 3.8) is 0 Å². The van der Waals surface area contributed by atoms with Crippen LogP contribution in [0.25, 0.3) is 0 Å². The molecule has 0 amide bonds. The molecule has 0 N–H and O–H groups in total. The van der Waals surface area contributed by atoms with Crippen LogP contribution in [0.3, 0.4) is 0 Å². The molecule has 0 radical (unpaired) electrons. The van der Waals surface area contributed by atoms with E-state index in [0.717, 1.165) is 24.4 Å². The summed E-state index contributed by atoms with van der Waals surface area (Å²) < 4.78 is 5.96. The van der Waals surface area contributed by atoms with E-state index >= 15 is 0 Å². The fourth-order valence-corrected chi connectivity index (χ4v) is 3.17. The summed E-state index contributed by atoms with van der Waals surface area (Å²) in [7, 11) is 0. The molecule has 0 aromatic rings.